The quantitative estimate of drug-likeness (QED) is 0.600. The van der Waals surface area contributed by atoms with Crippen molar-refractivity contribution >= 4 is 11.8 Å². The zero-order valence-corrected chi connectivity index (χ0v) is 12.6. The van der Waals surface area contributed by atoms with E-state index in [9.17, 15) is 9.59 Å². The van der Waals surface area contributed by atoms with Gasteiger partial charge in [-0.2, -0.15) is 5.10 Å². The van der Waals surface area contributed by atoms with Gasteiger partial charge >= 0.3 is 0 Å². The molecule has 118 valence electrons. The Morgan fingerprint density at radius 3 is 2.70 bits per heavy atom. The average Bonchev–Trinajstić information content (AvgIpc) is 3.11. The van der Waals surface area contributed by atoms with E-state index in [1.807, 2.05) is 36.4 Å². The number of amides is 2. The van der Waals surface area contributed by atoms with Crippen molar-refractivity contribution in [3.8, 4) is 11.3 Å². The first-order valence-corrected chi connectivity index (χ1v) is 7.60. The number of hydrazine groups is 1. The fourth-order valence-electron chi connectivity index (χ4n) is 2.51. The summed E-state index contributed by atoms with van der Waals surface area (Å²) in [5.41, 5.74) is 6.80. The molecule has 0 aliphatic heterocycles. The fourth-order valence-corrected chi connectivity index (χ4v) is 2.51. The summed E-state index contributed by atoms with van der Waals surface area (Å²) >= 11 is 0. The molecule has 23 heavy (non-hydrogen) atoms. The lowest BCUT2D eigenvalue weighted by molar-refractivity contribution is -0.126. The van der Waals surface area contributed by atoms with Crippen LogP contribution in [0.15, 0.2) is 48.6 Å². The van der Waals surface area contributed by atoms with E-state index >= 15 is 0 Å². The average molecular weight is 310 g/mol. The first-order valence-electron chi connectivity index (χ1n) is 7.60. The summed E-state index contributed by atoms with van der Waals surface area (Å²) in [6, 6.07) is 11.2. The van der Waals surface area contributed by atoms with Gasteiger partial charge in [0.2, 0.25) is 5.91 Å². The number of allylic oxidation sites excluding steroid dienone is 2. The highest BCUT2D eigenvalue weighted by Crippen LogP contribution is 2.18. The molecule has 1 aliphatic carbocycles. The number of H-pyrrole nitrogens is 1. The molecule has 0 unspecified atom stereocenters. The number of aromatic nitrogens is 2. The summed E-state index contributed by atoms with van der Waals surface area (Å²) < 4.78 is 0. The maximum Gasteiger partial charge on any atom is 0.287 e. The standard InChI is InChI=1S/C17H18N4O2/c22-16(13-9-5-2-6-10-13)20-21-17(23)15-11-14(18-19-15)12-7-3-1-4-8-12/h1-5,7-8,11,13H,6,9-10H2,(H,18,19)(H,20,22)(H,21,23)/t13-/m1/s1. The Balaban J connectivity index is 1.57. The Bertz CT molecular complexity index is 721. The second-order valence-corrected chi connectivity index (χ2v) is 5.46. The van der Waals surface area contributed by atoms with Gasteiger partial charge in [-0.05, 0) is 25.3 Å². The van der Waals surface area contributed by atoms with Gasteiger partial charge in [0.15, 0.2) is 0 Å². The van der Waals surface area contributed by atoms with Crippen LogP contribution in [0.2, 0.25) is 0 Å². The van der Waals surface area contributed by atoms with Crippen molar-refractivity contribution < 1.29 is 9.59 Å². The van der Waals surface area contributed by atoms with E-state index < -0.39 is 5.91 Å². The molecule has 6 nitrogen and oxygen atoms in total. The summed E-state index contributed by atoms with van der Waals surface area (Å²) in [7, 11) is 0. The lowest BCUT2D eigenvalue weighted by atomic mass is 9.94. The summed E-state index contributed by atoms with van der Waals surface area (Å²) in [5.74, 6) is -0.660. The lowest BCUT2D eigenvalue weighted by Gasteiger charge is -2.17. The van der Waals surface area contributed by atoms with Crippen molar-refractivity contribution in [3.05, 3.63) is 54.2 Å². The second-order valence-electron chi connectivity index (χ2n) is 5.46. The Morgan fingerprint density at radius 2 is 1.96 bits per heavy atom. The molecule has 0 bridgehead atoms. The van der Waals surface area contributed by atoms with Crippen LogP contribution in [0.5, 0.6) is 0 Å². The van der Waals surface area contributed by atoms with Gasteiger partial charge in [0.05, 0.1) is 5.69 Å². The van der Waals surface area contributed by atoms with Gasteiger partial charge in [-0.1, -0.05) is 42.5 Å². The van der Waals surface area contributed by atoms with Crippen molar-refractivity contribution in [1.29, 1.82) is 0 Å². The third-order valence-electron chi connectivity index (χ3n) is 3.83. The molecule has 3 rings (SSSR count). The molecule has 3 N–H and O–H groups in total. The first kappa shape index (κ1) is 15.0. The molecule has 1 aliphatic rings. The molecular weight excluding hydrogens is 292 g/mol. The molecule has 0 radical (unpaired) electrons. The molecule has 2 aromatic rings. The van der Waals surface area contributed by atoms with E-state index in [1.165, 1.54) is 0 Å². The van der Waals surface area contributed by atoms with Gasteiger partial charge in [-0.3, -0.25) is 25.5 Å². The van der Waals surface area contributed by atoms with Crippen molar-refractivity contribution in [2.45, 2.75) is 19.3 Å². The highest BCUT2D eigenvalue weighted by atomic mass is 16.2. The van der Waals surface area contributed by atoms with Gasteiger partial charge in [-0.15, -0.1) is 0 Å². The van der Waals surface area contributed by atoms with Crippen LogP contribution in [-0.4, -0.2) is 22.0 Å². The summed E-state index contributed by atoms with van der Waals surface area (Å²) in [5, 5.41) is 6.80. The molecule has 1 aromatic heterocycles. The molecule has 0 spiro atoms. The van der Waals surface area contributed by atoms with E-state index in [1.54, 1.807) is 6.07 Å². The van der Waals surface area contributed by atoms with Gasteiger partial charge < -0.3 is 0 Å². The molecule has 1 atom stereocenters. The fraction of sp³-hybridized carbons (Fsp3) is 0.235. The van der Waals surface area contributed by atoms with E-state index in [2.05, 4.69) is 27.1 Å². The number of nitrogens with one attached hydrogen (secondary N) is 3. The number of rotatable bonds is 3. The minimum absolute atomic E-state index is 0.0815. The van der Waals surface area contributed by atoms with Crippen LogP contribution < -0.4 is 10.9 Å². The lowest BCUT2D eigenvalue weighted by Crippen LogP contribution is -2.44. The molecular formula is C17H18N4O2. The summed E-state index contributed by atoms with van der Waals surface area (Å²) in [6.07, 6.45) is 6.48. The zero-order valence-electron chi connectivity index (χ0n) is 12.6. The maximum absolute atomic E-state index is 12.1. The van der Waals surface area contributed by atoms with Crippen molar-refractivity contribution in [2.75, 3.05) is 0 Å². The van der Waals surface area contributed by atoms with Crippen LogP contribution in [0.25, 0.3) is 11.3 Å². The smallest absolute Gasteiger partial charge is 0.273 e. The second kappa shape index (κ2) is 6.91. The Hall–Kier alpha value is -2.89. The third kappa shape index (κ3) is 3.66. The predicted molar refractivity (Wildman–Crippen MR) is 86.1 cm³/mol. The number of aromatic amines is 1. The molecule has 1 heterocycles. The van der Waals surface area contributed by atoms with Crippen molar-refractivity contribution in [1.82, 2.24) is 21.0 Å². The van der Waals surface area contributed by atoms with Gasteiger partial charge in [-0.25, -0.2) is 0 Å². The van der Waals surface area contributed by atoms with Crippen LogP contribution in [0, 0.1) is 5.92 Å². The SMILES string of the molecule is O=C(NNC(=O)[C@@H]1CC=CCC1)c1cc(-c2ccccc2)n[nH]1. The number of carbonyl (C=O) groups is 2. The van der Waals surface area contributed by atoms with Crippen LogP contribution in [0.3, 0.4) is 0 Å². The number of carbonyl (C=O) groups excluding carboxylic acids is 2. The van der Waals surface area contributed by atoms with Gasteiger partial charge in [0, 0.05) is 11.5 Å². The number of hydrogen-bond acceptors (Lipinski definition) is 3. The largest absolute Gasteiger partial charge is 0.287 e. The molecule has 0 fully saturated rings. The van der Waals surface area contributed by atoms with Crippen molar-refractivity contribution in [3.63, 3.8) is 0 Å². The number of hydrogen-bond donors (Lipinski definition) is 3. The summed E-state index contributed by atoms with van der Waals surface area (Å²) in [6.45, 7) is 0. The Kier molecular flexibility index (Phi) is 4.52. The van der Waals surface area contributed by atoms with Crippen LogP contribution in [0.4, 0.5) is 0 Å². The number of nitrogens with zero attached hydrogens (tertiary/aromatic N) is 1. The third-order valence-corrected chi connectivity index (χ3v) is 3.83. The van der Waals surface area contributed by atoms with E-state index in [-0.39, 0.29) is 11.8 Å². The monoisotopic (exact) mass is 310 g/mol. The first-order chi connectivity index (χ1) is 11.2. The highest BCUT2D eigenvalue weighted by molar-refractivity contribution is 5.94. The van der Waals surface area contributed by atoms with Gasteiger partial charge in [0.25, 0.3) is 5.91 Å². The van der Waals surface area contributed by atoms with Crippen molar-refractivity contribution in [2.24, 2.45) is 5.92 Å². The molecule has 1 aromatic carbocycles. The van der Waals surface area contributed by atoms with Crippen LogP contribution in [-0.2, 0) is 4.79 Å². The Morgan fingerprint density at radius 1 is 1.13 bits per heavy atom. The van der Waals surface area contributed by atoms with E-state index in [0.29, 0.717) is 17.8 Å². The van der Waals surface area contributed by atoms with Crippen LogP contribution >= 0.6 is 0 Å². The topological polar surface area (TPSA) is 86.9 Å². The van der Waals surface area contributed by atoms with E-state index in [0.717, 1.165) is 18.4 Å². The normalized spacial score (nSPS) is 16.8. The molecule has 2 amide bonds. The van der Waals surface area contributed by atoms with Crippen LogP contribution in [0.1, 0.15) is 29.8 Å². The van der Waals surface area contributed by atoms with Gasteiger partial charge in [0.1, 0.15) is 5.69 Å². The zero-order chi connectivity index (χ0) is 16.1. The molecule has 0 saturated carbocycles. The highest BCUT2D eigenvalue weighted by Gasteiger charge is 2.19. The van der Waals surface area contributed by atoms with E-state index in [4.69, 9.17) is 0 Å². The minimum atomic E-state index is -0.417. The predicted octanol–water partition coefficient (Wildman–Crippen LogP) is 2.19. The Labute approximate surface area is 134 Å². The summed E-state index contributed by atoms with van der Waals surface area (Å²) in [4.78, 5) is 24.0. The minimum Gasteiger partial charge on any atom is -0.273 e. The maximum atomic E-state index is 12.1. The molecule has 0 saturated heterocycles. The number of benzene rings is 1. The molecule has 6 heteroatoms.